The van der Waals surface area contributed by atoms with Gasteiger partial charge in [0.05, 0.1) is 0 Å². The van der Waals surface area contributed by atoms with E-state index in [1.165, 1.54) is 0 Å². The Labute approximate surface area is 140 Å². The quantitative estimate of drug-likeness (QED) is 0.514. The number of aromatic amines is 1. The van der Waals surface area contributed by atoms with Gasteiger partial charge in [-0.15, -0.1) is 0 Å². The number of pyridine rings is 1. The number of hydrogen-bond donors (Lipinski definition) is 4. The van der Waals surface area contributed by atoms with Gasteiger partial charge < -0.3 is 10.7 Å². The highest BCUT2D eigenvalue weighted by Gasteiger charge is 2.12. The first kappa shape index (κ1) is 16.6. The zero-order valence-electron chi connectivity index (χ0n) is 13.0. The second-order valence-corrected chi connectivity index (χ2v) is 6.91. The fourth-order valence-corrected chi connectivity index (χ4v) is 3.29. The summed E-state index contributed by atoms with van der Waals surface area (Å²) in [7, 11) is -3.63. The summed E-state index contributed by atoms with van der Waals surface area (Å²) >= 11 is 0. The molecule has 0 radical (unpaired) electrons. The summed E-state index contributed by atoms with van der Waals surface area (Å²) in [6.07, 6.45) is 3.42. The Morgan fingerprint density at radius 1 is 1.00 bits per heavy atom. The van der Waals surface area contributed by atoms with E-state index in [0.717, 1.165) is 27.7 Å². The van der Waals surface area contributed by atoms with Crippen LogP contribution in [-0.4, -0.2) is 18.4 Å². The minimum atomic E-state index is -3.63. The van der Waals surface area contributed by atoms with E-state index in [2.05, 4.69) is 19.4 Å². The van der Waals surface area contributed by atoms with Gasteiger partial charge in [-0.05, 0) is 28.8 Å². The van der Waals surface area contributed by atoms with E-state index in [1.54, 1.807) is 18.5 Å². The van der Waals surface area contributed by atoms with E-state index < -0.39 is 10.2 Å². The Hall–Kier alpha value is -2.26. The minimum Gasteiger partial charge on any atom is -0.346 e. The molecule has 0 amide bonds. The zero-order valence-corrected chi connectivity index (χ0v) is 13.8. The van der Waals surface area contributed by atoms with Crippen molar-refractivity contribution in [2.45, 2.75) is 19.6 Å². The molecule has 0 atom stereocenters. The van der Waals surface area contributed by atoms with Crippen LogP contribution in [0.4, 0.5) is 0 Å². The average Bonchev–Trinajstić information content (AvgIpc) is 3.08. The Bertz CT molecular complexity index is 936. The molecule has 5 N–H and O–H groups in total. The number of aromatic nitrogens is 2. The lowest BCUT2D eigenvalue weighted by Gasteiger charge is -2.11. The van der Waals surface area contributed by atoms with Crippen LogP contribution in [0.2, 0.25) is 0 Å². The molecule has 0 aliphatic rings. The van der Waals surface area contributed by atoms with Crippen molar-refractivity contribution in [1.29, 1.82) is 0 Å². The average molecular weight is 345 g/mol. The number of nitrogens with one attached hydrogen (secondary N) is 3. The predicted octanol–water partition coefficient (Wildman–Crippen LogP) is 1.15. The van der Waals surface area contributed by atoms with Crippen molar-refractivity contribution in [3.63, 3.8) is 0 Å². The van der Waals surface area contributed by atoms with Crippen LogP contribution in [0.1, 0.15) is 16.7 Å². The molecular weight excluding hydrogens is 326 g/mol. The second kappa shape index (κ2) is 7.10. The summed E-state index contributed by atoms with van der Waals surface area (Å²) < 4.78 is 29.4. The van der Waals surface area contributed by atoms with Gasteiger partial charge in [0.1, 0.15) is 5.65 Å². The molecule has 2 aromatic heterocycles. The van der Waals surface area contributed by atoms with Crippen LogP contribution >= 0.6 is 0 Å². The van der Waals surface area contributed by atoms with Crippen molar-refractivity contribution in [3.8, 4) is 0 Å². The topological polar surface area (TPSA) is 113 Å². The third-order valence-electron chi connectivity index (χ3n) is 3.79. The highest BCUT2D eigenvalue weighted by molar-refractivity contribution is 7.87. The summed E-state index contributed by atoms with van der Waals surface area (Å²) in [5.74, 6) is 0. The highest BCUT2D eigenvalue weighted by Crippen LogP contribution is 2.15. The molecule has 0 saturated heterocycles. The maximum atomic E-state index is 12.2. The smallest absolute Gasteiger partial charge is 0.277 e. The normalized spacial score (nSPS) is 11.9. The molecule has 126 valence electrons. The monoisotopic (exact) mass is 345 g/mol. The van der Waals surface area contributed by atoms with E-state index in [1.807, 2.05) is 30.3 Å². The van der Waals surface area contributed by atoms with Gasteiger partial charge >= 0.3 is 0 Å². The molecule has 0 aliphatic heterocycles. The van der Waals surface area contributed by atoms with Crippen molar-refractivity contribution in [3.05, 3.63) is 65.5 Å². The summed E-state index contributed by atoms with van der Waals surface area (Å²) in [5.41, 5.74) is 9.04. The number of rotatable bonds is 7. The molecule has 24 heavy (non-hydrogen) atoms. The lowest BCUT2D eigenvalue weighted by Crippen LogP contribution is -2.36. The van der Waals surface area contributed by atoms with E-state index in [4.69, 9.17) is 5.73 Å². The highest BCUT2D eigenvalue weighted by atomic mass is 32.2. The fraction of sp³-hybridized carbons (Fsp3) is 0.188. The number of nitrogens with two attached hydrogens (primary N) is 1. The molecule has 0 aliphatic carbocycles. The Balaban J connectivity index is 1.65. The van der Waals surface area contributed by atoms with Gasteiger partial charge in [0.15, 0.2) is 0 Å². The van der Waals surface area contributed by atoms with Crippen LogP contribution in [0.3, 0.4) is 0 Å². The number of H-pyrrole nitrogens is 1. The lowest BCUT2D eigenvalue weighted by molar-refractivity contribution is 0.565. The SMILES string of the molecule is NCc1ccccc1CNS(=O)(=O)NCc1ccnc2[nH]ccc12. The Morgan fingerprint density at radius 3 is 2.46 bits per heavy atom. The van der Waals surface area contributed by atoms with Crippen molar-refractivity contribution < 1.29 is 8.42 Å². The molecule has 7 nitrogen and oxygen atoms in total. The van der Waals surface area contributed by atoms with Crippen LogP contribution in [0.5, 0.6) is 0 Å². The third-order valence-corrected chi connectivity index (χ3v) is 4.84. The fourth-order valence-electron chi connectivity index (χ4n) is 2.50. The van der Waals surface area contributed by atoms with E-state index in [-0.39, 0.29) is 13.1 Å². The van der Waals surface area contributed by atoms with Gasteiger partial charge in [-0.1, -0.05) is 24.3 Å². The number of hydrogen-bond acceptors (Lipinski definition) is 4. The zero-order chi connectivity index (χ0) is 17.0. The molecule has 0 fully saturated rings. The van der Waals surface area contributed by atoms with Crippen LogP contribution in [0, 0.1) is 0 Å². The largest absolute Gasteiger partial charge is 0.346 e. The molecule has 3 rings (SSSR count). The first-order valence-electron chi connectivity index (χ1n) is 7.51. The molecule has 1 aromatic carbocycles. The van der Waals surface area contributed by atoms with E-state index in [9.17, 15) is 8.42 Å². The van der Waals surface area contributed by atoms with E-state index >= 15 is 0 Å². The van der Waals surface area contributed by atoms with Crippen molar-refractivity contribution in [1.82, 2.24) is 19.4 Å². The maximum absolute atomic E-state index is 12.2. The first-order valence-corrected chi connectivity index (χ1v) is 8.99. The van der Waals surface area contributed by atoms with Gasteiger partial charge in [-0.3, -0.25) is 0 Å². The molecule has 0 unspecified atom stereocenters. The maximum Gasteiger partial charge on any atom is 0.277 e. The van der Waals surface area contributed by atoms with Crippen LogP contribution in [0.15, 0.2) is 48.8 Å². The molecule has 0 bridgehead atoms. The van der Waals surface area contributed by atoms with Gasteiger partial charge in [-0.2, -0.15) is 17.9 Å². The standard InChI is InChI=1S/C16H19N5O2S/c17-9-12-3-1-2-4-13(12)10-20-24(22,23)21-11-14-5-7-18-16-15(14)6-8-19-16/h1-8,20-21H,9-11,17H2,(H,18,19). The first-order chi connectivity index (χ1) is 11.6. The summed E-state index contributed by atoms with van der Waals surface area (Å²) in [6.45, 7) is 0.747. The van der Waals surface area contributed by atoms with Gasteiger partial charge in [0.2, 0.25) is 0 Å². The van der Waals surface area contributed by atoms with Gasteiger partial charge in [-0.25, -0.2) is 4.98 Å². The molecule has 8 heteroatoms. The summed E-state index contributed by atoms with van der Waals surface area (Å²) in [6, 6.07) is 11.1. The van der Waals surface area contributed by atoms with Crippen molar-refractivity contribution in [2.75, 3.05) is 0 Å². The number of nitrogens with zero attached hydrogens (tertiary/aromatic N) is 1. The Morgan fingerprint density at radius 2 is 1.71 bits per heavy atom. The summed E-state index contributed by atoms with van der Waals surface area (Å²) in [5, 5.41) is 0.897. The van der Waals surface area contributed by atoms with Crippen molar-refractivity contribution in [2.24, 2.45) is 5.73 Å². The second-order valence-electron chi connectivity index (χ2n) is 5.33. The molecular formula is C16H19N5O2S. The minimum absolute atomic E-state index is 0.185. The van der Waals surface area contributed by atoms with Crippen LogP contribution in [0.25, 0.3) is 11.0 Å². The third kappa shape index (κ3) is 3.80. The van der Waals surface area contributed by atoms with Gasteiger partial charge in [0.25, 0.3) is 10.2 Å². The molecule has 0 saturated carbocycles. The van der Waals surface area contributed by atoms with Crippen LogP contribution < -0.4 is 15.2 Å². The Kier molecular flexibility index (Phi) is 4.91. The van der Waals surface area contributed by atoms with Gasteiger partial charge in [0, 0.05) is 37.4 Å². The van der Waals surface area contributed by atoms with Crippen molar-refractivity contribution >= 4 is 21.2 Å². The molecule has 0 spiro atoms. The number of fused-ring (bicyclic) bond motifs is 1. The lowest BCUT2D eigenvalue weighted by atomic mass is 10.1. The predicted molar refractivity (Wildman–Crippen MR) is 93.0 cm³/mol. The molecule has 3 aromatic rings. The summed E-state index contributed by atoms with van der Waals surface area (Å²) in [4.78, 5) is 7.18. The van der Waals surface area contributed by atoms with E-state index in [0.29, 0.717) is 6.54 Å². The number of benzene rings is 1. The molecule has 2 heterocycles. The van der Waals surface area contributed by atoms with Crippen LogP contribution in [-0.2, 0) is 29.8 Å².